The molecule has 2 aliphatic rings. The molecular formula is C17H23NO5S. The van der Waals surface area contributed by atoms with Gasteiger partial charge in [0.25, 0.3) is 0 Å². The highest BCUT2D eigenvalue weighted by molar-refractivity contribution is 7.99. The molecule has 2 heterocycles. The standard InChI is InChI=1S/C17H23NO5S/c1-3-24-17-13(18-10(2)19)14(20)15-12(22-17)9-21-16(23-15)11-7-5-4-6-8-11/h4-8,12-17,20H,3,9H2,1-2H3,(H,18,19)/t12-,13-,14-,15-,16-,17-/m1/s1. The summed E-state index contributed by atoms with van der Waals surface area (Å²) in [5, 5.41) is 13.6. The Morgan fingerprint density at radius 2 is 2.08 bits per heavy atom. The van der Waals surface area contributed by atoms with E-state index in [1.165, 1.54) is 6.92 Å². The summed E-state index contributed by atoms with van der Waals surface area (Å²) in [5.41, 5.74) is 0.569. The number of hydrogen-bond donors (Lipinski definition) is 2. The molecule has 2 aliphatic heterocycles. The number of amides is 1. The van der Waals surface area contributed by atoms with E-state index in [0.29, 0.717) is 6.61 Å². The molecule has 7 heteroatoms. The van der Waals surface area contributed by atoms with Crippen LogP contribution in [0.3, 0.4) is 0 Å². The second-order valence-electron chi connectivity index (χ2n) is 5.89. The van der Waals surface area contributed by atoms with Crippen LogP contribution in [0.4, 0.5) is 0 Å². The first kappa shape index (κ1) is 17.7. The van der Waals surface area contributed by atoms with Crippen molar-refractivity contribution < 1.29 is 24.1 Å². The summed E-state index contributed by atoms with van der Waals surface area (Å²) in [6, 6.07) is 9.08. The van der Waals surface area contributed by atoms with Crippen LogP contribution in [0.25, 0.3) is 0 Å². The molecule has 2 N–H and O–H groups in total. The molecule has 6 atom stereocenters. The van der Waals surface area contributed by atoms with Crippen LogP contribution in [-0.2, 0) is 19.0 Å². The number of carbonyl (C=O) groups excluding carboxylic acids is 1. The van der Waals surface area contributed by atoms with Gasteiger partial charge in [-0.1, -0.05) is 37.3 Å². The molecule has 6 nitrogen and oxygen atoms in total. The summed E-state index contributed by atoms with van der Waals surface area (Å²) in [6.07, 6.45) is -2.30. The van der Waals surface area contributed by atoms with E-state index in [1.807, 2.05) is 37.3 Å². The maximum atomic E-state index is 11.5. The Bertz CT molecular complexity index is 557. The smallest absolute Gasteiger partial charge is 0.217 e. The lowest BCUT2D eigenvalue weighted by Gasteiger charge is -2.47. The van der Waals surface area contributed by atoms with E-state index >= 15 is 0 Å². The minimum absolute atomic E-state index is 0.200. The molecule has 0 aliphatic carbocycles. The number of hydrogen-bond acceptors (Lipinski definition) is 6. The predicted molar refractivity (Wildman–Crippen MR) is 90.4 cm³/mol. The van der Waals surface area contributed by atoms with Crippen LogP contribution in [0.15, 0.2) is 30.3 Å². The van der Waals surface area contributed by atoms with Crippen LogP contribution in [0, 0.1) is 0 Å². The van der Waals surface area contributed by atoms with Crippen molar-refractivity contribution in [3.8, 4) is 0 Å². The number of aliphatic hydroxyl groups is 1. The molecule has 132 valence electrons. The molecule has 1 aromatic carbocycles. The largest absolute Gasteiger partial charge is 0.388 e. The molecule has 0 saturated carbocycles. The van der Waals surface area contributed by atoms with Gasteiger partial charge < -0.3 is 24.6 Å². The molecule has 0 radical (unpaired) electrons. The highest BCUT2D eigenvalue weighted by Gasteiger charge is 2.49. The fourth-order valence-electron chi connectivity index (χ4n) is 3.07. The lowest BCUT2D eigenvalue weighted by molar-refractivity contribution is -0.306. The summed E-state index contributed by atoms with van der Waals surface area (Å²) in [5.74, 6) is 0.619. The van der Waals surface area contributed by atoms with Gasteiger partial charge >= 0.3 is 0 Å². The number of thioether (sulfide) groups is 1. The summed E-state index contributed by atoms with van der Waals surface area (Å²) in [4.78, 5) is 11.5. The number of benzene rings is 1. The van der Waals surface area contributed by atoms with Crippen LogP contribution < -0.4 is 5.32 Å². The molecule has 0 aromatic heterocycles. The Morgan fingerprint density at radius 1 is 1.33 bits per heavy atom. The fourth-order valence-corrected chi connectivity index (χ4v) is 4.05. The number of carbonyl (C=O) groups is 1. The quantitative estimate of drug-likeness (QED) is 0.853. The number of rotatable bonds is 4. The second-order valence-corrected chi connectivity index (χ2v) is 7.27. The predicted octanol–water partition coefficient (Wildman–Crippen LogP) is 1.44. The first-order chi connectivity index (χ1) is 11.6. The fraction of sp³-hybridized carbons (Fsp3) is 0.588. The number of ether oxygens (including phenoxy) is 3. The molecule has 24 heavy (non-hydrogen) atoms. The second kappa shape index (κ2) is 7.84. The minimum Gasteiger partial charge on any atom is -0.388 e. The van der Waals surface area contributed by atoms with Gasteiger partial charge in [-0.25, -0.2) is 0 Å². The molecule has 0 unspecified atom stereocenters. The van der Waals surface area contributed by atoms with E-state index in [9.17, 15) is 9.90 Å². The van der Waals surface area contributed by atoms with Gasteiger partial charge in [0.1, 0.15) is 23.7 Å². The van der Waals surface area contributed by atoms with E-state index in [4.69, 9.17) is 14.2 Å². The normalized spacial score (nSPS) is 36.0. The van der Waals surface area contributed by atoms with Crippen molar-refractivity contribution in [2.24, 2.45) is 0 Å². The summed E-state index contributed by atoms with van der Waals surface area (Å²) in [7, 11) is 0. The Hall–Kier alpha value is -1.12. The molecule has 1 aromatic rings. The third kappa shape index (κ3) is 3.75. The van der Waals surface area contributed by atoms with Crippen LogP contribution >= 0.6 is 11.8 Å². The van der Waals surface area contributed by atoms with Crippen molar-refractivity contribution >= 4 is 17.7 Å². The zero-order chi connectivity index (χ0) is 17.1. The molecule has 2 saturated heterocycles. The highest BCUT2D eigenvalue weighted by Crippen LogP contribution is 2.36. The van der Waals surface area contributed by atoms with Crippen molar-refractivity contribution in [2.45, 2.75) is 49.9 Å². The van der Waals surface area contributed by atoms with E-state index in [-0.39, 0.29) is 17.4 Å². The number of nitrogens with one attached hydrogen (secondary N) is 1. The summed E-state index contributed by atoms with van der Waals surface area (Å²) >= 11 is 1.55. The maximum absolute atomic E-state index is 11.5. The molecule has 0 bridgehead atoms. The van der Waals surface area contributed by atoms with Crippen molar-refractivity contribution in [3.05, 3.63) is 35.9 Å². The Labute approximate surface area is 145 Å². The van der Waals surface area contributed by atoms with Crippen LogP contribution in [0.2, 0.25) is 0 Å². The number of fused-ring (bicyclic) bond motifs is 1. The first-order valence-electron chi connectivity index (χ1n) is 8.14. The van der Waals surface area contributed by atoms with Crippen molar-refractivity contribution in [3.63, 3.8) is 0 Å². The molecule has 0 spiro atoms. The zero-order valence-electron chi connectivity index (χ0n) is 13.8. The first-order valence-corrected chi connectivity index (χ1v) is 9.19. The maximum Gasteiger partial charge on any atom is 0.217 e. The number of aliphatic hydroxyl groups excluding tert-OH is 1. The van der Waals surface area contributed by atoms with Gasteiger partial charge in [0.2, 0.25) is 5.91 Å². The minimum atomic E-state index is -0.855. The average molecular weight is 353 g/mol. The van der Waals surface area contributed by atoms with Crippen LogP contribution in [0.1, 0.15) is 25.7 Å². The van der Waals surface area contributed by atoms with Crippen molar-refractivity contribution in [2.75, 3.05) is 12.4 Å². The average Bonchev–Trinajstić information content (AvgIpc) is 2.59. The van der Waals surface area contributed by atoms with Gasteiger partial charge in [-0.05, 0) is 5.75 Å². The molecule has 3 rings (SSSR count). The van der Waals surface area contributed by atoms with Gasteiger partial charge in [-0.3, -0.25) is 4.79 Å². The van der Waals surface area contributed by atoms with Gasteiger partial charge in [0.15, 0.2) is 6.29 Å². The van der Waals surface area contributed by atoms with Gasteiger partial charge in [-0.2, -0.15) is 0 Å². The lowest BCUT2D eigenvalue weighted by Crippen LogP contribution is -2.65. The Balaban J connectivity index is 1.76. The lowest BCUT2D eigenvalue weighted by atomic mass is 9.96. The van der Waals surface area contributed by atoms with E-state index in [2.05, 4.69) is 5.32 Å². The molecule has 2 fully saturated rings. The summed E-state index contributed by atoms with van der Waals surface area (Å²) < 4.78 is 17.8. The third-order valence-corrected chi connectivity index (χ3v) is 5.20. The monoisotopic (exact) mass is 353 g/mol. The van der Waals surface area contributed by atoms with Crippen LogP contribution in [-0.4, -0.2) is 53.2 Å². The topological polar surface area (TPSA) is 77.0 Å². The zero-order valence-corrected chi connectivity index (χ0v) is 14.6. The third-order valence-electron chi connectivity index (χ3n) is 4.14. The van der Waals surface area contributed by atoms with E-state index in [0.717, 1.165) is 11.3 Å². The van der Waals surface area contributed by atoms with Crippen molar-refractivity contribution in [1.29, 1.82) is 0 Å². The Morgan fingerprint density at radius 3 is 2.75 bits per heavy atom. The molecular weight excluding hydrogens is 330 g/mol. The van der Waals surface area contributed by atoms with Crippen molar-refractivity contribution in [1.82, 2.24) is 5.32 Å². The van der Waals surface area contributed by atoms with E-state index in [1.54, 1.807) is 11.8 Å². The Kier molecular flexibility index (Phi) is 5.78. The van der Waals surface area contributed by atoms with Gasteiger partial charge in [0, 0.05) is 12.5 Å². The van der Waals surface area contributed by atoms with Gasteiger partial charge in [-0.15, -0.1) is 11.8 Å². The summed E-state index contributed by atoms with van der Waals surface area (Å²) in [6.45, 7) is 3.79. The highest BCUT2D eigenvalue weighted by atomic mass is 32.2. The van der Waals surface area contributed by atoms with Gasteiger partial charge in [0.05, 0.1) is 12.6 Å². The molecule has 1 amide bonds. The van der Waals surface area contributed by atoms with Crippen LogP contribution in [0.5, 0.6) is 0 Å². The SMILES string of the molecule is CCS[C@H]1O[C@@H]2CO[C@@H](c3ccccc3)O[C@H]2[C@H](O)[C@H]1NC(C)=O. The van der Waals surface area contributed by atoms with E-state index < -0.39 is 24.5 Å².